The van der Waals surface area contributed by atoms with Crippen molar-refractivity contribution in [1.29, 1.82) is 0 Å². The maximum Gasteiger partial charge on any atom is 0.0485 e. The van der Waals surface area contributed by atoms with Crippen LogP contribution in [0, 0.1) is 10.5 Å². The Balaban J connectivity index is 2.10. The number of aryl methyl sites for hydroxylation is 1. The van der Waals surface area contributed by atoms with E-state index >= 15 is 0 Å². The molecule has 0 radical (unpaired) electrons. The lowest BCUT2D eigenvalue weighted by Gasteiger charge is -2.16. The van der Waals surface area contributed by atoms with Gasteiger partial charge in [0.05, 0.1) is 0 Å². The molecule has 2 aromatic carbocycles. The second-order valence-electron chi connectivity index (χ2n) is 4.60. The molecule has 19 heavy (non-hydrogen) atoms. The summed E-state index contributed by atoms with van der Waals surface area (Å²) in [5, 5.41) is 3.55. The summed E-state index contributed by atoms with van der Waals surface area (Å²) in [5.41, 5.74) is 3.81. The third kappa shape index (κ3) is 3.89. The molecule has 1 unspecified atom stereocenters. The zero-order valence-electron chi connectivity index (χ0n) is 11.4. The molecule has 0 spiro atoms. The fourth-order valence-electron chi connectivity index (χ4n) is 1.91. The SMILES string of the molecule is CSc1ccc(C(C)Nc2ccc(C)c(I)c2)cc1. The van der Waals surface area contributed by atoms with E-state index in [0.29, 0.717) is 6.04 Å². The van der Waals surface area contributed by atoms with Gasteiger partial charge in [0.1, 0.15) is 0 Å². The summed E-state index contributed by atoms with van der Waals surface area (Å²) in [5.74, 6) is 0. The summed E-state index contributed by atoms with van der Waals surface area (Å²) in [6.07, 6.45) is 2.10. The van der Waals surface area contributed by atoms with Crippen LogP contribution in [0.4, 0.5) is 5.69 Å². The minimum Gasteiger partial charge on any atom is -0.378 e. The molecule has 1 atom stereocenters. The minimum atomic E-state index is 0.314. The molecule has 100 valence electrons. The maximum absolute atomic E-state index is 3.55. The third-order valence-electron chi connectivity index (χ3n) is 3.17. The third-order valence-corrected chi connectivity index (χ3v) is 5.08. The second kappa shape index (κ2) is 6.66. The first-order valence-corrected chi connectivity index (χ1v) is 8.57. The Labute approximate surface area is 133 Å². The van der Waals surface area contributed by atoms with Crippen molar-refractivity contribution in [3.05, 3.63) is 57.2 Å². The standard InChI is InChI=1S/C16H18INS/c1-11-4-7-14(10-16(11)17)18-12(2)13-5-8-15(19-3)9-6-13/h4-10,12,18H,1-3H3. The Morgan fingerprint density at radius 1 is 1.11 bits per heavy atom. The van der Waals surface area contributed by atoms with Crippen molar-refractivity contribution in [1.82, 2.24) is 0 Å². The summed E-state index contributed by atoms with van der Waals surface area (Å²) >= 11 is 4.15. The Hall–Kier alpha value is -0.680. The Kier molecular flexibility index (Phi) is 5.16. The summed E-state index contributed by atoms with van der Waals surface area (Å²) in [7, 11) is 0. The summed E-state index contributed by atoms with van der Waals surface area (Å²) in [6, 6.07) is 15.6. The lowest BCUT2D eigenvalue weighted by atomic mass is 10.1. The van der Waals surface area contributed by atoms with Gasteiger partial charge >= 0.3 is 0 Å². The van der Waals surface area contributed by atoms with E-state index in [-0.39, 0.29) is 0 Å². The molecule has 0 saturated carbocycles. The van der Waals surface area contributed by atoms with Crippen molar-refractivity contribution < 1.29 is 0 Å². The molecule has 1 N–H and O–H groups in total. The first-order valence-electron chi connectivity index (χ1n) is 6.27. The highest BCUT2D eigenvalue weighted by Gasteiger charge is 2.06. The number of hydrogen-bond acceptors (Lipinski definition) is 2. The Bertz CT molecular complexity index is 551. The monoisotopic (exact) mass is 383 g/mol. The molecule has 2 aromatic rings. The average Bonchev–Trinajstić information content (AvgIpc) is 2.43. The zero-order chi connectivity index (χ0) is 13.8. The topological polar surface area (TPSA) is 12.0 Å². The highest BCUT2D eigenvalue weighted by atomic mass is 127. The first-order chi connectivity index (χ1) is 9.10. The molecule has 0 saturated heterocycles. The molecule has 0 fully saturated rings. The Morgan fingerprint density at radius 2 is 1.79 bits per heavy atom. The minimum absolute atomic E-state index is 0.314. The molecule has 0 aliphatic rings. The quantitative estimate of drug-likeness (QED) is 0.553. The van der Waals surface area contributed by atoms with Crippen LogP contribution < -0.4 is 5.32 Å². The van der Waals surface area contributed by atoms with Crippen molar-refractivity contribution in [3.8, 4) is 0 Å². The highest BCUT2D eigenvalue weighted by Crippen LogP contribution is 2.24. The van der Waals surface area contributed by atoms with Gasteiger partial charge < -0.3 is 5.32 Å². The summed E-state index contributed by atoms with van der Waals surface area (Å²) < 4.78 is 1.30. The number of nitrogens with one attached hydrogen (secondary N) is 1. The molecule has 1 nitrogen and oxygen atoms in total. The van der Waals surface area contributed by atoms with Gasteiger partial charge in [-0.05, 0) is 78.1 Å². The number of rotatable bonds is 4. The van der Waals surface area contributed by atoms with E-state index in [2.05, 4.69) is 90.5 Å². The molecule has 0 amide bonds. The number of anilines is 1. The summed E-state index contributed by atoms with van der Waals surface area (Å²) in [6.45, 7) is 4.33. The van der Waals surface area contributed by atoms with Crippen LogP contribution in [0.5, 0.6) is 0 Å². The van der Waals surface area contributed by atoms with E-state index < -0.39 is 0 Å². The number of thioether (sulfide) groups is 1. The first kappa shape index (κ1) is 14.7. The molecule has 0 aromatic heterocycles. The fourth-order valence-corrected chi connectivity index (χ4v) is 2.83. The molecule has 0 bridgehead atoms. The molecule has 0 aliphatic carbocycles. The van der Waals surface area contributed by atoms with E-state index in [1.807, 2.05) is 0 Å². The smallest absolute Gasteiger partial charge is 0.0485 e. The van der Waals surface area contributed by atoms with Crippen LogP contribution in [0.1, 0.15) is 24.1 Å². The van der Waals surface area contributed by atoms with Gasteiger partial charge in [-0.25, -0.2) is 0 Å². The lowest BCUT2D eigenvalue weighted by Crippen LogP contribution is -2.06. The second-order valence-corrected chi connectivity index (χ2v) is 6.64. The summed E-state index contributed by atoms with van der Waals surface area (Å²) in [4.78, 5) is 1.31. The zero-order valence-corrected chi connectivity index (χ0v) is 14.4. The van der Waals surface area contributed by atoms with E-state index in [4.69, 9.17) is 0 Å². The lowest BCUT2D eigenvalue weighted by molar-refractivity contribution is 0.882. The number of hydrogen-bond donors (Lipinski definition) is 1. The van der Waals surface area contributed by atoms with Gasteiger partial charge in [-0.2, -0.15) is 0 Å². The van der Waals surface area contributed by atoms with Gasteiger partial charge in [0, 0.05) is 20.2 Å². The fraction of sp³-hybridized carbons (Fsp3) is 0.250. The maximum atomic E-state index is 3.55. The Morgan fingerprint density at radius 3 is 2.37 bits per heavy atom. The number of benzene rings is 2. The van der Waals surface area contributed by atoms with Gasteiger partial charge in [-0.15, -0.1) is 11.8 Å². The molecule has 0 aliphatic heterocycles. The average molecular weight is 383 g/mol. The van der Waals surface area contributed by atoms with Gasteiger partial charge in [0.2, 0.25) is 0 Å². The predicted molar refractivity (Wildman–Crippen MR) is 94.2 cm³/mol. The van der Waals surface area contributed by atoms with Gasteiger partial charge in [0.15, 0.2) is 0 Å². The van der Waals surface area contributed by atoms with Gasteiger partial charge in [-0.1, -0.05) is 18.2 Å². The molecule has 3 heteroatoms. The van der Waals surface area contributed by atoms with Crippen molar-refractivity contribution in [2.75, 3.05) is 11.6 Å². The van der Waals surface area contributed by atoms with E-state index in [0.717, 1.165) is 0 Å². The van der Waals surface area contributed by atoms with Crippen LogP contribution >= 0.6 is 34.4 Å². The van der Waals surface area contributed by atoms with Crippen LogP contribution in [-0.2, 0) is 0 Å². The van der Waals surface area contributed by atoms with Crippen LogP contribution in [0.15, 0.2) is 47.4 Å². The molecule has 2 rings (SSSR count). The van der Waals surface area contributed by atoms with Crippen LogP contribution in [-0.4, -0.2) is 6.26 Å². The van der Waals surface area contributed by atoms with Crippen LogP contribution in [0.3, 0.4) is 0 Å². The molecule has 0 heterocycles. The van der Waals surface area contributed by atoms with E-state index in [9.17, 15) is 0 Å². The van der Waals surface area contributed by atoms with Gasteiger partial charge in [-0.3, -0.25) is 0 Å². The normalized spacial score (nSPS) is 12.2. The predicted octanol–water partition coefficient (Wildman–Crippen LogP) is 5.49. The van der Waals surface area contributed by atoms with E-state index in [1.54, 1.807) is 11.8 Å². The van der Waals surface area contributed by atoms with Crippen LogP contribution in [0.2, 0.25) is 0 Å². The van der Waals surface area contributed by atoms with Crippen molar-refractivity contribution >= 4 is 40.0 Å². The highest BCUT2D eigenvalue weighted by molar-refractivity contribution is 14.1. The molecular weight excluding hydrogens is 365 g/mol. The van der Waals surface area contributed by atoms with E-state index in [1.165, 1.54) is 25.3 Å². The van der Waals surface area contributed by atoms with Crippen molar-refractivity contribution in [2.45, 2.75) is 24.8 Å². The largest absolute Gasteiger partial charge is 0.378 e. The number of halogens is 1. The van der Waals surface area contributed by atoms with Crippen molar-refractivity contribution in [2.24, 2.45) is 0 Å². The van der Waals surface area contributed by atoms with Gasteiger partial charge in [0.25, 0.3) is 0 Å². The van der Waals surface area contributed by atoms with Crippen LogP contribution in [0.25, 0.3) is 0 Å². The van der Waals surface area contributed by atoms with Crippen molar-refractivity contribution in [3.63, 3.8) is 0 Å². The molecular formula is C16H18INS.